The Labute approximate surface area is 112 Å². The zero-order valence-corrected chi connectivity index (χ0v) is 11.7. The Balaban J connectivity index is 2.57. The number of amides is 1. The number of methoxy groups -OCH3 is 1. The number of carbonyl (C=O) groups is 1. The van der Waals surface area contributed by atoms with Gasteiger partial charge in [0.05, 0.1) is 0 Å². The van der Waals surface area contributed by atoms with Gasteiger partial charge in [-0.2, -0.15) is 0 Å². The number of aromatic nitrogens is 1. The summed E-state index contributed by atoms with van der Waals surface area (Å²) in [4.78, 5) is 11.9. The first kappa shape index (κ1) is 15.0. The van der Waals surface area contributed by atoms with Gasteiger partial charge in [-0.1, -0.05) is 19.0 Å². The van der Waals surface area contributed by atoms with Crippen molar-refractivity contribution in [3.63, 3.8) is 0 Å². The predicted molar refractivity (Wildman–Crippen MR) is 68.6 cm³/mol. The highest BCUT2D eigenvalue weighted by Crippen LogP contribution is 2.09. The van der Waals surface area contributed by atoms with Crippen molar-refractivity contribution in [2.75, 3.05) is 13.0 Å². The summed E-state index contributed by atoms with van der Waals surface area (Å²) in [6.07, 6.45) is 0.831. The van der Waals surface area contributed by atoms with E-state index in [0.29, 0.717) is 24.2 Å². The summed E-state index contributed by atoms with van der Waals surface area (Å²) >= 11 is 5.82. The molecule has 1 aromatic rings. The maximum Gasteiger partial charge on any atom is 0.273 e. The molecule has 1 aromatic heterocycles. The molecule has 0 saturated heterocycles. The number of alkyl halides is 1. The minimum absolute atomic E-state index is 0.0539. The molecule has 18 heavy (non-hydrogen) atoms. The van der Waals surface area contributed by atoms with Gasteiger partial charge < -0.3 is 14.6 Å². The van der Waals surface area contributed by atoms with Gasteiger partial charge in [-0.25, -0.2) is 0 Å². The highest BCUT2D eigenvalue weighted by molar-refractivity contribution is 6.18. The molecule has 6 heteroatoms. The van der Waals surface area contributed by atoms with Crippen LogP contribution in [0, 0.1) is 5.92 Å². The van der Waals surface area contributed by atoms with Crippen LogP contribution in [0.25, 0.3) is 0 Å². The van der Waals surface area contributed by atoms with E-state index in [2.05, 4.69) is 24.3 Å². The van der Waals surface area contributed by atoms with Gasteiger partial charge in [0.1, 0.15) is 6.61 Å². The largest absolute Gasteiger partial charge is 0.377 e. The van der Waals surface area contributed by atoms with Crippen LogP contribution < -0.4 is 5.32 Å². The number of nitrogens with zero attached hydrogens (tertiary/aromatic N) is 1. The lowest BCUT2D eigenvalue weighted by Crippen LogP contribution is -2.37. The minimum Gasteiger partial charge on any atom is -0.377 e. The maximum absolute atomic E-state index is 11.9. The summed E-state index contributed by atoms with van der Waals surface area (Å²) in [5.74, 6) is 1.10. The van der Waals surface area contributed by atoms with Crippen molar-refractivity contribution in [2.24, 2.45) is 5.92 Å². The molecule has 1 N–H and O–H groups in total. The van der Waals surface area contributed by atoms with E-state index in [4.69, 9.17) is 20.9 Å². The van der Waals surface area contributed by atoms with Gasteiger partial charge in [0.25, 0.3) is 5.91 Å². The summed E-state index contributed by atoms with van der Waals surface area (Å²) in [6.45, 7) is 4.46. The van der Waals surface area contributed by atoms with Crippen molar-refractivity contribution >= 4 is 17.5 Å². The van der Waals surface area contributed by atoms with Crippen LogP contribution in [0.5, 0.6) is 0 Å². The number of ether oxygens (including phenoxy) is 1. The molecule has 5 nitrogen and oxygen atoms in total. The van der Waals surface area contributed by atoms with E-state index in [-0.39, 0.29) is 17.6 Å². The molecule has 0 radical (unpaired) electrons. The molecule has 102 valence electrons. The third-order valence-corrected chi connectivity index (χ3v) is 2.73. The van der Waals surface area contributed by atoms with Crippen LogP contribution >= 0.6 is 11.6 Å². The minimum atomic E-state index is -0.271. The fourth-order valence-electron chi connectivity index (χ4n) is 1.62. The van der Waals surface area contributed by atoms with Gasteiger partial charge in [-0.3, -0.25) is 4.79 Å². The second kappa shape index (κ2) is 7.38. The van der Waals surface area contributed by atoms with Crippen LogP contribution in [0.3, 0.4) is 0 Å². The summed E-state index contributed by atoms with van der Waals surface area (Å²) in [5, 5.41) is 6.53. The summed E-state index contributed by atoms with van der Waals surface area (Å²) < 4.78 is 9.84. The zero-order valence-electron chi connectivity index (χ0n) is 10.9. The second-order valence-corrected chi connectivity index (χ2v) is 4.87. The fraction of sp³-hybridized carbons (Fsp3) is 0.667. The smallest absolute Gasteiger partial charge is 0.273 e. The molecule has 0 spiro atoms. The van der Waals surface area contributed by atoms with Crippen molar-refractivity contribution in [3.8, 4) is 0 Å². The van der Waals surface area contributed by atoms with E-state index < -0.39 is 0 Å². The van der Waals surface area contributed by atoms with Gasteiger partial charge in [-0.15, -0.1) is 11.6 Å². The lowest BCUT2D eigenvalue weighted by atomic mass is 10.1. The molecule has 0 aliphatic heterocycles. The number of halogens is 1. The summed E-state index contributed by atoms with van der Waals surface area (Å²) in [7, 11) is 1.55. The standard InChI is InChI=1S/C12H19ClN2O3/c1-8(2)4-9(6-13)14-12(16)11-5-10(7-17-3)18-15-11/h5,8-9H,4,6-7H2,1-3H3,(H,14,16). The first-order valence-electron chi connectivity index (χ1n) is 5.88. The van der Waals surface area contributed by atoms with E-state index in [0.717, 1.165) is 6.42 Å². The molecular formula is C12H19ClN2O3. The lowest BCUT2D eigenvalue weighted by Gasteiger charge is -2.17. The lowest BCUT2D eigenvalue weighted by molar-refractivity contribution is 0.0926. The van der Waals surface area contributed by atoms with E-state index in [1.165, 1.54) is 0 Å². The van der Waals surface area contributed by atoms with E-state index in [1.807, 2.05) is 0 Å². The molecule has 1 atom stereocenters. The maximum atomic E-state index is 11.9. The molecule has 0 aliphatic rings. The van der Waals surface area contributed by atoms with Crippen LogP contribution in [-0.4, -0.2) is 30.1 Å². The van der Waals surface area contributed by atoms with Crippen LogP contribution in [0.2, 0.25) is 0 Å². The normalized spacial score (nSPS) is 12.7. The zero-order chi connectivity index (χ0) is 13.5. The van der Waals surface area contributed by atoms with Crippen molar-refractivity contribution in [3.05, 3.63) is 17.5 Å². The Bertz CT molecular complexity index is 379. The summed E-state index contributed by atoms with van der Waals surface area (Å²) in [5.41, 5.74) is 0.251. The molecule has 0 aromatic carbocycles. The molecule has 1 heterocycles. The Morgan fingerprint density at radius 1 is 1.61 bits per heavy atom. The van der Waals surface area contributed by atoms with Crippen molar-refractivity contribution < 1.29 is 14.1 Å². The molecule has 1 amide bonds. The van der Waals surface area contributed by atoms with Crippen LogP contribution in [0.15, 0.2) is 10.6 Å². The second-order valence-electron chi connectivity index (χ2n) is 4.57. The topological polar surface area (TPSA) is 64.4 Å². The number of rotatable bonds is 7. The van der Waals surface area contributed by atoms with Gasteiger partial charge in [0.15, 0.2) is 11.5 Å². The third-order valence-electron chi connectivity index (χ3n) is 2.36. The molecule has 0 fully saturated rings. The van der Waals surface area contributed by atoms with Crippen LogP contribution in [0.4, 0.5) is 0 Å². The van der Waals surface area contributed by atoms with E-state index >= 15 is 0 Å². The van der Waals surface area contributed by atoms with E-state index in [9.17, 15) is 4.79 Å². The van der Waals surface area contributed by atoms with Crippen LogP contribution in [-0.2, 0) is 11.3 Å². The van der Waals surface area contributed by atoms with Gasteiger partial charge >= 0.3 is 0 Å². The monoisotopic (exact) mass is 274 g/mol. The Hall–Kier alpha value is -1.07. The van der Waals surface area contributed by atoms with Gasteiger partial charge in [0.2, 0.25) is 0 Å². The first-order valence-corrected chi connectivity index (χ1v) is 6.41. The molecule has 0 saturated carbocycles. The number of hydrogen-bond acceptors (Lipinski definition) is 4. The van der Waals surface area contributed by atoms with Crippen molar-refractivity contribution in [1.29, 1.82) is 0 Å². The SMILES string of the molecule is COCc1cc(C(=O)NC(CCl)CC(C)C)no1. The molecule has 1 unspecified atom stereocenters. The molecular weight excluding hydrogens is 256 g/mol. The highest BCUT2D eigenvalue weighted by atomic mass is 35.5. The van der Waals surface area contributed by atoms with Gasteiger partial charge in [-0.05, 0) is 12.3 Å². The highest BCUT2D eigenvalue weighted by Gasteiger charge is 2.17. The molecule has 0 aliphatic carbocycles. The Morgan fingerprint density at radius 3 is 2.89 bits per heavy atom. The quantitative estimate of drug-likeness (QED) is 0.774. The Kier molecular flexibility index (Phi) is 6.15. The molecule has 0 bridgehead atoms. The predicted octanol–water partition coefficient (Wildman–Crippen LogP) is 2.20. The van der Waals surface area contributed by atoms with Gasteiger partial charge in [0, 0.05) is 25.1 Å². The average Bonchev–Trinajstić information content (AvgIpc) is 2.76. The van der Waals surface area contributed by atoms with E-state index in [1.54, 1.807) is 13.2 Å². The van der Waals surface area contributed by atoms with Crippen LogP contribution in [0.1, 0.15) is 36.5 Å². The molecule has 1 rings (SSSR count). The number of hydrogen-bond donors (Lipinski definition) is 1. The summed E-state index contributed by atoms with van der Waals surface area (Å²) in [6, 6.07) is 1.52. The number of nitrogens with one attached hydrogen (secondary N) is 1. The average molecular weight is 275 g/mol. The number of carbonyl (C=O) groups excluding carboxylic acids is 1. The Morgan fingerprint density at radius 2 is 2.33 bits per heavy atom. The first-order chi connectivity index (χ1) is 8.56. The van der Waals surface area contributed by atoms with Crippen molar-refractivity contribution in [2.45, 2.75) is 32.9 Å². The van der Waals surface area contributed by atoms with Crippen molar-refractivity contribution in [1.82, 2.24) is 10.5 Å². The third kappa shape index (κ3) is 4.66. The fourth-order valence-corrected chi connectivity index (χ4v) is 1.82.